The van der Waals surface area contributed by atoms with Gasteiger partial charge in [0.15, 0.2) is 0 Å². The summed E-state index contributed by atoms with van der Waals surface area (Å²) in [7, 11) is 0. The van der Waals surface area contributed by atoms with E-state index in [1.54, 1.807) is 5.38 Å². The van der Waals surface area contributed by atoms with Crippen molar-refractivity contribution in [2.24, 2.45) is 0 Å². The smallest absolute Gasteiger partial charge is 0.275 e. The van der Waals surface area contributed by atoms with Gasteiger partial charge in [-0.2, -0.15) is 4.98 Å². The zero-order valence-corrected chi connectivity index (χ0v) is 9.62. The molecule has 0 unspecified atom stereocenters. The molecule has 0 amide bonds. The molecule has 1 aromatic rings. The Balaban J connectivity index is 2.01. The van der Waals surface area contributed by atoms with Gasteiger partial charge in [-0.1, -0.05) is 22.9 Å². The number of ether oxygens (including phenoxy) is 1. The number of halogens is 1. The minimum absolute atomic E-state index is 0.0770. The van der Waals surface area contributed by atoms with Crippen molar-refractivity contribution in [2.45, 2.75) is 25.4 Å². The number of rotatable bonds is 2. The highest BCUT2D eigenvalue weighted by atomic mass is 35.5. The summed E-state index contributed by atoms with van der Waals surface area (Å²) in [5.41, 5.74) is -0.0770. The minimum Gasteiger partial charge on any atom is -0.464 e. The number of piperidine rings is 1. The highest BCUT2D eigenvalue weighted by Gasteiger charge is 2.29. The molecule has 0 bridgehead atoms. The van der Waals surface area contributed by atoms with E-state index in [1.807, 2.05) is 0 Å². The summed E-state index contributed by atoms with van der Waals surface area (Å²) in [6.45, 7) is 4.15. The van der Waals surface area contributed by atoms with Gasteiger partial charge < -0.3 is 10.1 Å². The summed E-state index contributed by atoms with van der Waals surface area (Å²) in [5.74, 6) is 0. The molecule has 78 valence electrons. The SMILES string of the molecule is CC1(Oc2nc(Cl)cs2)CCNCC1. The lowest BCUT2D eigenvalue weighted by Crippen LogP contribution is -2.43. The number of thiazole rings is 1. The zero-order chi connectivity index (χ0) is 10.0. The number of aromatic nitrogens is 1. The molecule has 0 atom stereocenters. The largest absolute Gasteiger partial charge is 0.464 e. The molecule has 1 aliphatic rings. The third-order valence-electron chi connectivity index (χ3n) is 2.45. The summed E-state index contributed by atoms with van der Waals surface area (Å²) in [5, 5.41) is 6.30. The van der Waals surface area contributed by atoms with Crippen LogP contribution in [0.2, 0.25) is 5.15 Å². The van der Waals surface area contributed by atoms with Gasteiger partial charge in [-0.25, -0.2) is 0 Å². The van der Waals surface area contributed by atoms with Crippen LogP contribution >= 0.6 is 22.9 Å². The minimum atomic E-state index is -0.0770. The van der Waals surface area contributed by atoms with Crippen LogP contribution in [0.3, 0.4) is 0 Å². The summed E-state index contributed by atoms with van der Waals surface area (Å²) in [4.78, 5) is 4.09. The van der Waals surface area contributed by atoms with Crippen molar-refractivity contribution in [1.82, 2.24) is 10.3 Å². The van der Waals surface area contributed by atoms with E-state index in [0.29, 0.717) is 10.3 Å². The fourth-order valence-electron chi connectivity index (χ4n) is 1.55. The van der Waals surface area contributed by atoms with Crippen molar-refractivity contribution in [1.29, 1.82) is 0 Å². The first-order valence-corrected chi connectivity index (χ1v) is 5.94. The van der Waals surface area contributed by atoms with Gasteiger partial charge >= 0.3 is 0 Å². The number of hydrogen-bond acceptors (Lipinski definition) is 4. The van der Waals surface area contributed by atoms with Gasteiger partial charge in [-0.05, 0) is 32.9 Å². The molecular weight excluding hydrogens is 220 g/mol. The Morgan fingerprint density at radius 2 is 2.29 bits per heavy atom. The maximum atomic E-state index is 5.85. The van der Waals surface area contributed by atoms with Gasteiger partial charge in [-0.3, -0.25) is 0 Å². The van der Waals surface area contributed by atoms with Crippen LogP contribution in [0.25, 0.3) is 0 Å². The second-order valence-corrected chi connectivity index (χ2v) is 4.95. The van der Waals surface area contributed by atoms with Crippen LogP contribution in [0, 0.1) is 0 Å². The van der Waals surface area contributed by atoms with Crippen LogP contribution in [-0.4, -0.2) is 23.7 Å². The fourth-order valence-corrected chi connectivity index (χ4v) is 2.47. The van der Waals surface area contributed by atoms with Crippen molar-refractivity contribution in [3.05, 3.63) is 10.5 Å². The lowest BCUT2D eigenvalue weighted by Gasteiger charge is -2.33. The fraction of sp³-hybridized carbons (Fsp3) is 0.667. The van der Waals surface area contributed by atoms with E-state index in [-0.39, 0.29) is 5.60 Å². The molecule has 2 rings (SSSR count). The van der Waals surface area contributed by atoms with Gasteiger partial charge in [0.05, 0.1) is 0 Å². The summed E-state index contributed by atoms with van der Waals surface area (Å²) < 4.78 is 5.85. The third kappa shape index (κ3) is 2.38. The number of nitrogens with one attached hydrogen (secondary N) is 1. The van der Waals surface area contributed by atoms with Crippen molar-refractivity contribution >= 4 is 22.9 Å². The van der Waals surface area contributed by atoms with Crippen molar-refractivity contribution in [3.63, 3.8) is 0 Å². The van der Waals surface area contributed by atoms with Crippen LogP contribution in [-0.2, 0) is 0 Å². The van der Waals surface area contributed by atoms with E-state index in [4.69, 9.17) is 16.3 Å². The second-order valence-electron chi connectivity index (χ2n) is 3.74. The molecule has 1 N–H and O–H groups in total. The van der Waals surface area contributed by atoms with Crippen LogP contribution in [0.1, 0.15) is 19.8 Å². The molecule has 1 aromatic heterocycles. The van der Waals surface area contributed by atoms with Gasteiger partial charge in [0.25, 0.3) is 5.19 Å². The van der Waals surface area contributed by atoms with Gasteiger partial charge in [0, 0.05) is 5.38 Å². The maximum Gasteiger partial charge on any atom is 0.275 e. The van der Waals surface area contributed by atoms with Crippen LogP contribution in [0.4, 0.5) is 0 Å². The Morgan fingerprint density at radius 3 is 2.86 bits per heavy atom. The average Bonchev–Trinajstić information content (AvgIpc) is 2.51. The van der Waals surface area contributed by atoms with E-state index in [1.165, 1.54) is 11.3 Å². The van der Waals surface area contributed by atoms with Crippen molar-refractivity contribution in [3.8, 4) is 5.19 Å². The Labute approximate surface area is 92.4 Å². The van der Waals surface area contributed by atoms with E-state index >= 15 is 0 Å². The van der Waals surface area contributed by atoms with Gasteiger partial charge in [-0.15, -0.1) is 0 Å². The average molecular weight is 233 g/mol. The van der Waals surface area contributed by atoms with Gasteiger partial charge in [0.1, 0.15) is 10.8 Å². The van der Waals surface area contributed by atoms with E-state index in [2.05, 4.69) is 17.2 Å². The molecule has 0 aliphatic carbocycles. The molecule has 0 spiro atoms. The first kappa shape index (κ1) is 10.2. The molecule has 0 radical (unpaired) electrons. The highest BCUT2D eigenvalue weighted by molar-refractivity contribution is 7.11. The van der Waals surface area contributed by atoms with Crippen molar-refractivity contribution < 1.29 is 4.74 Å². The topological polar surface area (TPSA) is 34.1 Å². The Hall–Kier alpha value is -0.320. The maximum absolute atomic E-state index is 5.85. The Bertz CT molecular complexity index is 310. The lowest BCUT2D eigenvalue weighted by atomic mass is 9.95. The standard InChI is InChI=1S/C9H13ClN2OS/c1-9(2-4-11-5-3-9)13-8-12-7(10)6-14-8/h6,11H,2-5H2,1H3. The first-order chi connectivity index (χ1) is 6.68. The normalized spacial score (nSPS) is 20.7. The number of hydrogen-bond donors (Lipinski definition) is 1. The summed E-state index contributed by atoms with van der Waals surface area (Å²) >= 11 is 7.19. The van der Waals surface area contributed by atoms with Crippen LogP contribution in [0.15, 0.2) is 5.38 Å². The quantitative estimate of drug-likeness (QED) is 0.850. The molecule has 1 saturated heterocycles. The zero-order valence-electron chi connectivity index (χ0n) is 8.05. The van der Waals surface area contributed by atoms with E-state index in [0.717, 1.165) is 25.9 Å². The van der Waals surface area contributed by atoms with E-state index in [9.17, 15) is 0 Å². The van der Waals surface area contributed by atoms with Crippen molar-refractivity contribution in [2.75, 3.05) is 13.1 Å². The second kappa shape index (κ2) is 4.04. The van der Waals surface area contributed by atoms with Crippen LogP contribution < -0.4 is 10.1 Å². The monoisotopic (exact) mass is 232 g/mol. The highest BCUT2D eigenvalue weighted by Crippen LogP contribution is 2.29. The molecule has 0 saturated carbocycles. The molecule has 1 aliphatic heterocycles. The molecule has 1 fully saturated rings. The summed E-state index contributed by atoms with van der Waals surface area (Å²) in [6, 6.07) is 0. The summed E-state index contributed by atoms with van der Waals surface area (Å²) in [6.07, 6.45) is 2.04. The van der Waals surface area contributed by atoms with E-state index < -0.39 is 0 Å². The molecular formula is C9H13ClN2OS. The lowest BCUT2D eigenvalue weighted by molar-refractivity contribution is 0.0553. The van der Waals surface area contributed by atoms with Gasteiger partial charge in [0.2, 0.25) is 0 Å². The number of nitrogens with zero attached hydrogens (tertiary/aromatic N) is 1. The molecule has 2 heterocycles. The molecule has 0 aromatic carbocycles. The molecule has 14 heavy (non-hydrogen) atoms. The van der Waals surface area contributed by atoms with Crippen LogP contribution in [0.5, 0.6) is 5.19 Å². The molecule has 3 nitrogen and oxygen atoms in total. The predicted molar refractivity (Wildman–Crippen MR) is 58.3 cm³/mol. The first-order valence-electron chi connectivity index (χ1n) is 4.69. The Kier molecular flexibility index (Phi) is 2.95. The molecule has 5 heteroatoms. The Morgan fingerprint density at radius 1 is 1.57 bits per heavy atom. The third-order valence-corrected chi connectivity index (χ3v) is 3.49. The predicted octanol–water partition coefficient (Wildman–Crippen LogP) is 2.32.